The van der Waals surface area contributed by atoms with Gasteiger partial charge in [-0.25, -0.2) is 13.2 Å². The maximum Gasteiger partial charge on any atom is 0.131 e. The molecule has 0 atom stereocenters. The van der Waals surface area contributed by atoms with Crippen molar-refractivity contribution in [2.24, 2.45) is 5.73 Å². The SMILES string of the molecule is NCc1cc(-c2cc(F)ccc2F)ccc1F. The molecule has 0 aliphatic carbocycles. The van der Waals surface area contributed by atoms with Crippen LogP contribution in [-0.2, 0) is 6.54 Å². The normalized spacial score (nSPS) is 10.6. The second kappa shape index (κ2) is 4.59. The Morgan fingerprint density at radius 2 is 1.59 bits per heavy atom. The first-order valence-corrected chi connectivity index (χ1v) is 5.05. The third kappa shape index (κ3) is 2.31. The van der Waals surface area contributed by atoms with E-state index >= 15 is 0 Å². The molecule has 0 saturated heterocycles. The van der Waals surface area contributed by atoms with E-state index in [2.05, 4.69) is 0 Å². The van der Waals surface area contributed by atoms with Crippen molar-refractivity contribution in [3.05, 3.63) is 59.4 Å². The third-order valence-electron chi connectivity index (χ3n) is 2.51. The molecule has 0 aromatic heterocycles. The zero-order valence-corrected chi connectivity index (χ0v) is 8.88. The van der Waals surface area contributed by atoms with Gasteiger partial charge in [0.1, 0.15) is 17.5 Å². The van der Waals surface area contributed by atoms with E-state index in [4.69, 9.17) is 5.73 Å². The lowest BCUT2D eigenvalue weighted by molar-refractivity contribution is 0.602. The second-order valence-electron chi connectivity index (χ2n) is 3.63. The highest BCUT2D eigenvalue weighted by Crippen LogP contribution is 2.25. The van der Waals surface area contributed by atoms with Crippen LogP contribution in [0, 0.1) is 17.5 Å². The summed E-state index contributed by atoms with van der Waals surface area (Å²) >= 11 is 0. The zero-order valence-electron chi connectivity index (χ0n) is 8.88. The zero-order chi connectivity index (χ0) is 12.4. The molecule has 0 saturated carbocycles. The van der Waals surface area contributed by atoms with Crippen LogP contribution in [0.5, 0.6) is 0 Å². The lowest BCUT2D eigenvalue weighted by Gasteiger charge is -2.06. The molecule has 4 heteroatoms. The van der Waals surface area contributed by atoms with Crippen LogP contribution in [0.1, 0.15) is 5.56 Å². The Bertz CT molecular complexity index is 552. The largest absolute Gasteiger partial charge is 0.326 e. The Hall–Kier alpha value is -1.81. The molecule has 2 aromatic rings. The number of nitrogens with two attached hydrogens (primary N) is 1. The highest BCUT2D eigenvalue weighted by Gasteiger charge is 2.09. The topological polar surface area (TPSA) is 26.0 Å². The smallest absolute Gasteiger partial charge is 0.131 e. The summed E-state index contributed by atoms with van der Waals surface area (Å²) in [5.74, 6) is -1.55. The van der Waals surface area contributed by atoms with Gasteiger partial charge in [-0.15, -0.1) is 0 Å². The van der Waals surface area contributed by atoms with Crippen molar-refractivity contribution in [2.45, 2.75) is 6.54 Å². The summed E-state index contributed by atoms with van der Waals surface area (Å²) in [5, 5.41) is 0. The van der Waals surface area contributed by atoms with Crippen LogP contribution in [0.4, 0.5) is 13.2 Å². The van der Waals surface area contributed by atoms with Gasteiger partial charge in [0.05, 0.1) is 0 Å². The predicted octanol–water partition coefficient (Wildman–Crippen LogP) is 3.23. The minimum Gasteiger partial charge on any atom is -0.326 e. The van der Waals surface area contributed by atoms with Crippen molar-refractivity contribution in [1.29, 1.82) is 0 Å². The highest BCUT2D eigenvalue weighted by atomic mass is 19.1. The summed E-state index contributed by atoms with van der Waals surface area (Å²) in [5.41, 5.74) is 6.13. The van der Waals surface area contributed by atoms with Crippen LogP contribution in [0.3, 0.4) is 0 Å². The second-order valence-corrected chi connectivity index (χ2v) is 3.63. The number of benzene rings is 2. The van der Waals surface area contributed by atoms with Gasteiger partial charge in [0.15, 0.2) is 0 Å². The molecule has 0 heterocycles. The lowest BCUT2D eigenvalue weighted by atomic mass is 10.0. The van der Waals surface area contributed by atoms with Gasteiger partial charge >= 0.3 is 0 Å². The van der Waals surface area contributed by atoms with E-state index in [1.54, 1.807) is 0 Å². The Balaban J connectivity index is 2.56. The monoisotopic (exact) mass is 237 g/mol. The van der Waals surface area contributed by atoms with E-state index in [0.29, 0.717) is 5.56 Å². The summed E-state index contributed by atoms with van der Waals surface area (Å²) in [6.45, 7) is 0.0105. The van der Waals surface area contributed by atoms with Crippen LogP contribution in [0.2, 0.25) is 0 Å². The van der Waals surface area contributed by atoms with Crippen LogP contribution in [0.25, 0.3) is 11.1 Å². The molecule has 0 fully saturated rings. The maximum absolute atomic E-state index is 13.5. The molecule has 0 radical (unpaired) electrons. The van der Waals surface area contributed by atoms with Crippen molar-refractivity contribution in [1.82, 2.24) is 0 Å². The first kappa shape index (κ1) is 11.7. The van der Waals surface area contributed by atoms with Crippen LogP contribution < -0.4 is 5.73 Å². The van der Waals surface area contributed by atoms with Gasteiger partial charge in [0.2, 0.25) is 0 Å². The number of hydrogen-bond acceptors (Lipinski definition) is 1. The van der Waals surface area contributed by atoms with Gasteiger partial charge in [-0.3, -0.25) is 0 Å². The fourth-order valence-electron chi connectivity index (χ4n) is 1.62. The molecule has 0 bridgehead atoms. The van der Waals surface area contributed by atoms with Crippen molar-refractivity contribution < 1.29 is 13.2 Å². The molecule has 0 aliphatic rings. The quantitative estimate of drug-likeness (QED) is 0.852. The molecule has 88 valence electrons. The average molecular weight is 237 g/mol. The average Bonchev–Trinajstić information content (AvgIpc) is 2.33. The molecule has 0 aliphatic heterocycles. The molecule has 17 heavy (non-hydrogen) atoms. The van der Waals surface area contributed by atoms with Crippen molar-refractivity contribution in [3.63, 3.8) is 0 Å². The van der Waals surface area contributed by atoms with E-state index in [-0.39, 0.29) is 17.7 Å². The van der Waals surface area contributed by atoms with Gasteiger partial charge in [0.25, 0.3) is 0 Å². The fourth-order valence-corrected chi connectivity index (χ4v) is 1.62. The van der Waals surface area contributed by atoms with Crippen molar-refractivity contribution in [2.75, 3.05) is 0 Å². The van der Waals surface area contributed by atoms with E-state index in [9.17, 15) is 13.2 Å². The number of halogens is 3. The van der Waals surface area contributed by atoms with E-state index in [1.165, 1.54) is 18.2 Å². The standard InChI is InChI=1S/C13H10F3N/c14-10-2-4-13(16)11(6-10)8-1-3-12(15)9(5-8)7-17/h1-6H,7,17H2. The Morgan fingerprint density at radius 3 is 2.29 bits per heavy atom. The van der Waals surface area contributed by atoms with Gasteiger partial charge in [-0.1, -0.05) is 6.07 Å². The molecule has 0 unspecified atom stereocenters. The van der Waals surface area contributed by atoms with E-state index in [0.717, 1.165) is 18.2 Å². The predicted molar refractivity (Wildman–Crippen MR) is 59.6 cm³/mol. The Labute approximate surface area is 96.7 Å². The lowest BCUT2D eigenvalue weighted by Crippen LogP contribution is -2.00. The van der Waals surface area contributed by atoms with Gasteiger partial charge in [-0.05, 0) is 35.9 Å². The fraction of sp³-hybridized carbons (Fsp3) is 0.0769. The van der Waals surface area contributed by atoms with E-state index < -0.39 is 17.5 Å². The molecule has 2 aromatic carbocycles. The third-order valence-corrected chi connectivity index (χ3v) is 2.51. The van der Waals surface area contributed by atoms with Gasteiger partial charge in [-0.2, -0.15) is 0 Å². The first-order chi connectivity index (χ1) is 8.11. The maximum atomic E-state index is 13.5. The summed E-state index contributed by atoms with van der Waals surface area (Å²) in [6.07, 6.45) is 0. The molecular weight excluding hydrogens is 227 g/mol. The Morgan fingerprint density at radius 1 is 0.882 bits per heavy atom. The van der Waals surface area contributed by atoms with Crippen LogP contribution >= 0.6 is 0 Å². The summed E-state index contributed by atoms with van der Waals surface area (Å²) in [4.78, 5) is 0. The van der Waals surface area contributed by atoms with Crippen LogP contribution in [0.15, 0.2) is 36.4 Å². The summed E-state index contributed by atoms with van der Waals surface area (Å²) in [6, 6.07) is 7.16. The molecule has 0 amide bonds. The number of hydrogen-bond donors (Lipinski definition) is 1. The van der Waals surface area contributed by atoms with Crippen molar-refractivity contribution >= 4 is 0 Å². The Kier molecular flexibility index (Phi) is 3.15. The molecule has 2 rings (SSSR count). The number of rotatable bonds is 2. The minimum atomic E-state index is -0.555. The molecule has 2 N–H and O–H groups in total. The van der Waals surface area contributed by atoms with Crippen molar-refractivity contribution in [3.8, 4) is 11.1 Å². The van der Waals surface area contributed by atoms with Crippen LogP contribution in [-0.4, -0.2) is 0 Å². The first-order valence-electron chi connectivity index (χ1n) is 5.05. The molecular formula is C13H10F3N. The summed E-state index contributed by atoms with van der Waals surface area (Å²) < 4.78 is 39.7. The summed E-state index contributed by atoms with van der Waals surface area (Å²) in [7, 11) is 0. The molecule has 0 spiro atoms. The highest BCUT2D eigenvalue weighted by molar-refractivity contribution is 5.65. The molecule has 1 nitrogen and oxygen atoms in total. The van der Waals surface area contributed by atoms with Gasteiger partial charge in [0, 0.05) is 17.7 Å². The minimum absolute atomic E-state index is 0.0105. The van der Waals surface area contributed by atoms with E-state index in [1.807, 2.05) is 0 Å². The van der Waals surface area contributed by atoms with Gasteiger partial charge < -0.3 is 5.73 Å².